The van der Waals surface area contributed by atoms with E-state index in [2.05, 4.69) is 10.6 Å². The van der Waals surface area contributed by atoms with Crippen molar-refractivity contribution in [3.63, 3.8) is 0 Å². The molecule has 0 aromatic heterocycles. The van der Waals surface area contributed by atoms with Gasteiger partial charge < -0.3 is 10.6 Å². The van der Waals surface area contributed by atoms with Gasteiger partial charge in [0.2, 0.25) is 18.2 Å². The fraction of sp³-hybridized carbons (Fsp3) is 0.842. The molecular formula is C19H35N3O4. The van der Waals surface area contributed by atoms with Crippen molar-refractivity contribution in [2.45, 2.75) is 78.2 Å². The summed E-state index contributed by atoms with van der Waals surface area (Å²) in [6.07, 6.45) is 8.21. The summed E-state index contributed by atoms with van der Waals surface area (Å²) >= 11 is 0. The first-order chi connectivity index (χ1) is 12.3. The zero-order valence-corrected chi connectivity index (χ0v) is 16.4. The highest BCUT2D eigenvalue weighted by atomic mass is 16.5. The van der Waals surface area contributed by atoms with E-state index in [9.17, 15) is 19.6 Å². The molecule has 7 nitrogen and oxygen atoms in total. The number of nitrogens with zero attached hydrogens (tertiary/aromatic N) is 1. The molecule has 0 aliphatic carbocycles. The Morgan fingerprint density at radius 1 is 1.04 bits per heavy atom. The van der Waals surface area contributed by atoms with Gasteiger partial charge in [-0.25, -0.2) is 5.06 Å². The van der Waals surface area contributed by atoms with Crippen molar-refractivity contribution in [2.75, 3.05) is 13.1 Å². The van der Waals surface area contributed by atoms with Crippen LogP contribution in [0.15, 0.2) is 0 Å². The van der Waals surface area contributed by atoms with Crippen LogP contribution >= 0.6 is 0 Å². The molecule has 0 bridgehead atoms. The average molecular weight is 370 g/mol. The second kappa shape index (κ2) is 11.2. The first-order valence-corrected chi connectivity index (χ1v) is 9.74. The second-order valence-electron chi connectivity index (χ2n) is 8.29. The smallest absolute Gasteiger partial charge is 0.243 e. The summed E-state index contributed by atoms with van der Waals surface area (Å²) in [4.78, 5) is 36.1. The van der Waals surface area contributed by atoms with E-state index in [0.717, 1.165) is 44.9 Å². The number of hydrogen-bond donors (Lipinski definition) is 3. The number of rotatable bonds is 3. The van der Waals surface area contributed by atoms with Gasteiger partial charge in [-0.1, -0.05) is 59.3 Å². The highest BCUT2D eigenvalue weighted by Gasteiger charge is 2.34. The van der Waals surface area contributed by atoms with Crippen LogP contribution in [-0.2, 0) is 14.4 Å². The molecule has 7 heteroatoms. The summed E-state index contributed by atoms with van der Waals surface area (Å²) < 4.78 is 0. The number of hydrogen-bond acceptors (Lipinski definition) is 4. The van der Waals surface area contributed by atoms with Gasteiger partial charge in [0, 0.05) is 6.54 Å². The summed E-state index contributed by atoms with van der Waals surface area (Å²) in [6, 6.07) is -0.661. The van der Waals surface area contributed by atoms with Crippen LogP contribution in [0.2, 0.25) is 0 Å². The molecular weight excluding hydrogens is 334 g/mol. The maximum absolute atomic E-state index is 12.8. The van der Waals surface area contributed by atoms with Crippen molar-refractivity contribution in [3.8, 4) is 0 Å². The summed E-state index contributed by atoms with van der Waals surface area (Å²) in [5.74, 6) is -1.01. The first kappa shape index (κ1) is 22.4. The fourth-order valence-electron chi connectivity index (χ4n) is 3.22. The molecule has 0 saturated carbocycles. The van der Waals surface area contributed by atoms with Gasteiger partial charge in [0.05, 0.1) is 12.5 Å². The lowest BCUT2D eigenvalue weighted by Gasteiger charge is -2.32. The summed E-state index contributed by atoms with van der Waals surface area (Å²) in [6.45, 7) is 6.27. The molecule has 1 fully saturated rings. The largest absolute Gasteiger partial charge is 0.354 e. The van der Waals surface area contributed by atoms with Gasteiger partial charge in [-0.05, 0) is 18.3 Å². The summed E-state index contributed by atoms with van der Waals surface area (Å²) in [5, 5.41) is 15.8. The molecule has 26 heavy (non-hydrogen) atoms. The monoisotopic (exact) mass is 369 g/mol. The van der Waals surface area contributed by atoms with Crippen molar-refractivity contribution in [1.29, 1.82) is 0 Å². The van der Waals surface area contributed by atoms with E-state index in [1.807, 2.05) is 20.8 Å². The molecule has 150 valence electrons. The van der Waals surface area contributed by atoms with E-state index >= 15 is 0 Å². The van der Waals surface area contributed by atoms with E-state index in [0.29, 0.717) is 24.4 Å². The average Bonchev–Trinajstić information content (AvgIpc) is 2.58. The number of hydroxylamine groups is 2. The number of carbonyl (C=O) groups excluding carboxylic acids is 3. The Labute approximate surface area is 156 Å². The van der Waals surface area contributed by atoms with Gasteiger partial charge in [-0.2, -0.15) is 0 Å². The van der Waals surface area contributed by atoms with Gasteiger partial charge in [-0.15, -0.1) is 0 Å². The third kappa shape index (κ3) is 8.17. The minimum Gasteiger partial charge on any atom is -0.354 e. The second-order valence-corrected chi connectivity index (χ2v) is 8.29. The Bertz CT molecular complexity index is 462. The van der Waals surface area contributed by atoms with E-state index in [4.69, 9.17) is 0 Å². The third-order valence-electron chi connectivity index (χ3n) is 4.84. The molecule has 1 heterocycles. The standard InChI is InChI=1S/C19H35N3O4/c1-19(2,3)16-18(25)20-12-10-8-6-4-5-7-9-11-15(17(24)21-16)13-22(26)14-23/h14-16,26H,4-13H2,1-3H3,(H,20,25)(H,21,24)/t15?,16-/m1/s1. The van der Waals surface area contributed by atoms with Crippen molar-refractivity contribution in [2.24, 2.45) is 11.3 Å². The lowest BCUT2D eigenvalue weighted by atomic mass is 9.85. The predicted molar refractivity (Wildman–Crippen MR) is 99.4 cm³/mol. The van der Waals surface area contributed by atoms with E-state index < -0.39 is 17.4 Å². The highest BCUT2D eigenvalue weighted by molar-refractivity contribution is 5.89. The van der Waals surface area contributed by atoms with Crippen molar-refractivity contribution < 1.29 is 19.6 Å². The molecule has 1 aliphatic rings. The molecule has 1 saturated heterocycles. The lowest BCUT2D eigenvalue weighted by Crippen LogP contribution is -2.55. The Morgan fingerprint density at radius 3 is 2.19 bits per heavy atom. The third-order valence-corrected chi connectivity index (χ3v) is 4.84. The summed E-state index contributed by atoms with van der Waals surface area (Å²) in [7, 11) is 0. The minimum absolute atomic E-state index is 0.0617. The Balaban J connectivity index is 2.90. The van der Waals surface area contributed by atoms with Crippen LogP contribution in [0.5, 0.6) is 0 Å². The van der Waals surface area contributed by atoms with Crippen LogP contribution < -0.4 is 10.6 Å². The van der Waals surface area contributed by atoms with Crippen LogP contribution in [0.1, 0.15) is 72.1 Å². The molecule has 0 aromatic carbocycles. The van der Waals surface area contributed by atoms with E-state index in [-0.39, 0.29) is 18.4 Å². The maximum Gasteiger partial charge on any atom is 0.243 e. The van der Waals surface area contributed by atoms with E-state index in [1.54, 1.807) is 0 Å². The summed E-state index contributed by atoms with van der Waals surface area (Å²) in [5.41, 5.74) is -0.443. The molecule has 3 amide bonds. The van der Waals surface area contributed by atoms with Gasteiger partial charge in [0.15, 0.2) is 0 Å². The molecule has 1 aliphatic heterocycles. The Kier molecular flexibility index (Phi) is 9.62. The lowest BCUT2D eigenvalue weighted by molar-refractivity contribution is -0.155. The molecule has 1 unspecified atom stereocenters. The zero-order valence-electron chi connectivity index (χ0n) is 16.4. The maximum atomic E-state index is 12.8. The molecule has 2 atom stereocenters. The predicted octanol–water partition coefficient (Wildman–Crippen LogP) is 2.23. The Hall–Kier alpha value is -1.63. The van der Waals surface area contributed by atoms with Crippen LogP contribution in [-0.4, -0.2) is 47.6 Å². The van der Waals surface area contributed by atoms with Gasteiger partial charge >= 0.3 is 0 Å². The van der Waals surface area contributed by atoms with Gasteiger partial charge in [-0.3, -0.25) is 19.6 Å². The van der Waals surface area contributed by atoms with Crippen molar-refractivity contribution >= 4 is 18.2 Å². The number of carbonyl (C=O) groups is 3. The van der Waals surface area contributed by atoms with E-state index in [1.165, 1.54) is 0 Å². The van der Waals surface area contributed by atoms with Crippen LogP contribution in [0.3, 0.4) is 0 Å². The molecule has 0 radical (unpaired) electrons. The van der Waals surface area contributed by atoms with Crippen LogP contribution in [0.4, 0.5) is 0 Å². The van der Waals surface area contributed by atoms with Crippen LogP contribution in [0, 0.1) is 11.3 Å². The van der Waals surface area contributed by atoms with Gasteiger partial charge in [0.25, 0.3) is 0 Å². The van der Waals surface area contributed by atoms with Crippen molar-refractivity contribution in [3.05, 3.63) is 0 Å². The Morgan fingerprint density at radius 2 is 1.62 bits per heavy atom. The van der Waals surface area contributed by atoms with Crippen LogP contribution in [0.25, 0.3) is 0 Å². The van der Waals surface area contributed by atoms with Gasteiger partial charge in [0.1, 0.15) is 6.04 Å². The SMILES string of the molecule is CC(C)(C)[C@@H]1NC(=O)C(CN(O)C=O)CCCCCCCCCNC1=O. The normalized spacial score (nSPS) is 24.6. The fourth-order valence-corrected chi connectivity index (χ4v) is 3.22. The molecule has 3 N–H and O–H groups in total. The quantitative estimate of drug-likeness (QED) is 0.404. The van der Waals surface area contributed by atoms with Crippen molar-refractivity contribution in [1.82, 2.24) is 15.7 Å². The number of nitrogens with one attached hydrogen (secondary N) is 2. The molecule has 0 aromatic rings. The zero-order chi connectivity index (χ0) is 19.6. The first-order valence-electron chi connectivity index (χ1n) is 9.74. The minimum atomic E-state index is -0.661. The highest BCUT2D eigenvalue weighted by Crippen LogP contribution is 2.21. The number of amides is 3. The molecule has 0 spiro atoms. The molecule has 1 rings (SSSR count). The topological polar surface area (TPSA) is 98.7 Å².